The number of nitrogen functional groups attached to an aromatic ring is 1. The predicted molar refractivity (Wildman–Crippen MR) is 49.5 cm³/mol. The number of hydrogen-bond donors (Lipinski definition) is 3. The van der Waals surface area contributed by atoms with E-state index in [-0.39, 0.29) is 5.84 Å². The average molecular weight is 164 g/mol. The molecule has 4 nitrogen and oxygen atoms in total. The third-order valence-electron chi connectivity index (χ3n) is 1.55. The fraction of sp³-hybridized carbons (Fsp3) is 0.250. The van der Waals surface area contributed by atoms with Crippen LogP contribution < -0.4 is 11.1 Å². The van der Waals surface area contributed by atoms with Gasteiger partial charge in [0.25, 0.3) is 0 Å². The lowest BCUT2D eigenvalue weighted by Crippen LogP contribution is -2.14. The zero-order valence-corrected chi connectivity index (χ0v) is 7.18. The van der Waals surface area contributed by atoms with Gasteiger partial charge in [-0.1, -0.05) is 0 Å². The van der Waals surface area contributed by atoms with E-state index in [1.165, 1.54) is 0 Å². The van der Waals surface area contributed by atoms with Crippen LogP contribution in [0.3, 0.4) is 0 Å². The minimum atomic E-state index is 0.0375. The van der Waals surface area contributed by atoms with Gasteiger partial charge in [0.1, 0.15) is 11.7 Å². The smallest absolute Gasteiger partial charge is 0.136 e. The number of nitrogens with zero attached hydrogens (tertiary/aromatic N) is 1. The van der Waals surface area contributed by atoms with Crippen LogP contribution in [-0.4, -0.2) is 17.9 Å². The van der Waals surface area contributed by atoms with E-state index in [1.54, 1.807) is 13.2 Å². The van der Waals surface area contributed by atoms with Gasteiger partial charge >= 0.3 is 0 Å². The number of aryl methyl sites for hydroxylation is 1. The molecule has 0 atom stereocenters. The average Bonchev–Trinajstić information content (AvgIpc) is 2.04. The van der Waals surface area contributed by atoms with Gasteiger partial charge < -0.3 is 11.1 Å². The molecule has 0 aliphatic heterocycles. The molecule has 1 aromatic heterocycles. The maximum absolute atomic E-state index is 7.27. The van der Waals surface area contributed by atoms with Crippen molar-refractivity contribution < 1.29 is 0 Å². The van der Waals surface area contributed by atoms with Crippen molar-refractivity contribution >= 4 is 11.7 Å². The van der Waals surface area contributed by atoms with Crippen molar-refractivity contribution in [3.8, 4) is 0 Å². The first-order valence-electron chi connectivity index (χ1n) is 3.64. The number of rotatable bonds is 2. The van der Waals surface area contributed by atoms with Crippen LogP contribution >= 0.6 is 0 Å². The quantitative estimate of drug-likeness (QED) is 0.445. The molecule has 1 rings (SSSR count). The number of nitrogens with one attached hydrogen (secondary N) is 2. The zero-order chi connectivity index (χ0) is 9.14. The second-order valence-corrected chi connectivity index (χ2v) is 2.57. The van der Waals surface area contributed by atoms with Gasteiger partial charge in [-0.25, -0.2) is 4.98 Å². The minimum absolute atomic E-state index is 0.0375. The molecule has 4 heteroatoms. The van der Waals surface area contributed by atoms with Crippen LogP contribution in [0.1, 0.15) is 11.1 Å². The molecule has 1 heterocycles. The summed E-state index contributed by atoms with van der Waals surface area (Å²) >= 11 is 0. The van der Waals surface area contributed by atoms with Gasteiger partial charge in [-0.3, -0.25) is 5.41 Å². The first-order chi connectivity index (χ1) is 5.65. The van der Waals surface area contributed by atoms with Crippen molar-refractivity contribution in [3.63, 3.8) is 0 Å². The Hall–Kier alpha value is -1.58. The molecule has 0 amide bonds. The van der Waals surface area contributed by atoms with Crippen molar-refractivity contribution in [1.82, 2.24) is 4.98 Å². The molecule has 0 bridgehead atoms. The van der Waals surface area contributed by atoms with Crippen LogP contribution in [0.4, 0.5) is 5.82 Å². The number of nitrogens with two attached hydrogens (primary N) is 1. The molecule has 0 aliphatic carbocycles. The Balaban J connectivity index is 3.21. The summed E-state index contributed by atoms with van der Waals surface area (Å²) < 4.78 is 0. The van der Waals surface area contributed by atoms with Crippen LogP contribution in [0.25, 0.3) is 0 Å². The van der Waals surface area contributed by atoms with Gasteiger partial charge in [-0.2, -0.15) is 0 Å². The highest BCUT2D eigenvalue weighted by atomic mass is 15.0. The fourth-order valence-electron chi connectivity index (χ4n) is 0.974. The molecule has 4 N–H and O–H groups in total. The Kier molecular flexibility index (Phi) is 2.28. The SMILES string of the molecule is CNc1ncc(C)cc1C(=N)N. The lowest BCUT2D eigenvalue weighted by Gasteiger charge is -2.06. The second kappa shape index (κ2) is 3.21. The summed E-state index contributed by atoms with van der Waals surface area (Å²) in [4.78, 5) is 4.09. The van der Waals surface area contributed by atoms with Gasteiger partial charge in [-0.05, 0) is 18.6 Å². The molecule has 0 saturated carbocycles. The van der Waals surface area contributed by atoms with Crippen molar-refractivity contribution in [1.29, 1.82) is 5.41 Å². The topological polar surface area (TPSA) is 74.8 Å². The van der Waals surface area contributed by atoms with Gasteiger partial charge in [0.15, 0.2) is 0 Å². The highest BCUT2D eigenvalue weighted by Crippen LogP contribution is 2.11. The second-order valence-electron chi connectivity index (χ2n) is 2.57. The molecule has 0 unspecified atom stereocenters. The number of pyridine rings is 1. The Morgan fingerprint density at radius 1 is 1.67 bits per heavy atom. The molecule has 0 aliphatic rings. The van der Waals surface area contributed by atoms with E-state index in [0.29, 0.717) is 11.4 Å². The summed E-state index contributed by atoms with van der Waals surface area (Å²) in [5.41, 5.74) is 7.01. The highest BCUT2D eigenvalue weighted by molar-refractivity contribution is 5.99. The molecule has 0 saturated heterocycles. The molecule has 0 spiro atoms. The van der Waals surface area contributed by atoms with Gasteiger partial charge in [0, 0.05) is 13.2 Å². The van der Waals surface area contributed by atoms with Crippen LogP contribution in [0.5, 0.6) is 0 Å². The Labute approximate surface area is 71.3 Å². The van der Waals surface area contributed by atoms with Crippen molar-refractivity contribution in [2.45, 2.75) is 6.92 Å². The van der Waals surface area contributed by atoms with Gasteiger partial charge in [0.2, 0.25) is 0 Å². The molecule has 0 fully saturated rings. The Morgan fingerprint density at radius 3 is 2.83 bits per heavy atom. The molecule has 64 valence electrons. The summed E-state index contributed by atoms with van der Waals surface area (Å²) in [7, 11) is 1.75. The maximum atomic E-state index is 7.27. The number of amidine groups is 1. The monoisotopic (exact) mass is 164 g/mol. The van der Waals surface area contributed by atoms with Gasteiger partial charge in [0.05, 0.1) is 5.56 Å². The van der Waals surface area contributed by atoms with Crippen LogP contribution in [-0.2, 0) is 0 Å². The van der Waals surface area contributed by atoms with Crippen LogP contribution in [0, 0.1) is 12.3 Å². The third-order valence-corrected chi connectivity index (χ3v) is 1.55. The predicted octanol–water partition coefficient (Wildman–Crippen LogP) is 0.716. The van der Waals surface area contributed by atoms with E-state index in [0.717, 1.165) is 5.56 Å². The Morgan fingerprint density at radius 2 is 2.33 bits per heavy atom. The van der Waals surface area contributed by atoms with Crippen molar-refractivity contribution in [3.05, 3.63) is 23.4 Å². The van der Waals surface area contributed by atoms with Crippen LogP contribution in [0.2, 0.25) is 0 Å². The molecule has 1 aromatic rings. The third kappa shape index (κ3) is 1.53. The summed E-state index contributed by atoms with van der Waals surface area (Å²) in [6, 6.07) is 1.83. The van der Waals surface area contributed by atoms with E-state index in [9.17, 15) is 0 Å². The van der Waals surface area contributed by atoms with E-state index in [1.807, 2.05) is 13.0 Å². The number of anilines is 1. The maximum Gasteiger partial charge on any atom is 0.136 e. The van der Waals surface area contributed by atoms with E-state index in [2.05, 4.69) is 10.3 Å². The highest BCUT2D eigenvalue weighted by Gasteiger charge is 2.04. The van der Waals surface area contributed by atoms with Crippen molar-refractivity contribution in [2.24, 2.45) is 5.73 Å². The largest absolute Gasteiger partial charge is 0.384 e. The van der Waals surface area contributed by atoms with E-state index >= 15 is 0 Å². The lowest BCUT2D eigenvalue weighted by molar-refractivity contribution is 1.22. The normalized spacial score (nSPS) is 9.50. The summed E-state index contributed by atoms with van der Waals surface area (Å²) in [6.45, 7) is 1.92. The first-order valence-corrected chi connectivity index (χ1v) is 3.64. The van der Waals surface area contributed by atoms with E-state index in [4.69, 9.17) is 11.1 Å². The van der Waals surface area contributed by atoms with Crippen LogP contribution in [0.15, 0.2) is 12.3 Å². The standard InChI is InChI=1S/C8H12N4/c1-5-3-6(7(9)10)8(11-2)12-4-5/h3-4H,1-2H3,(H3,9,10)(H,11,12). The Bertz CT molecular complexity index is 306. The molecule has 0 aromatic carbocycles. The summed E-state index contributed by atoms with van der Waals surface area (Å²) in [5.74, 6) is 0.684. The molecule has 12 heavy (non-hydrogen) atoms. The molecular formula is C8H12N4. The van der Waals surface area contributed by atoms with E-state index < -0.39 is 0 Å². The minimum Gasteiger partial charge on any atom is -0.384 e. The first kappa shape index (κ1) is 8.52. The van der Waals surface area contributed by atoms with Crippen molar-refractivity contribution in [2.75, 3.05) is 12.4 Å². The zero-order valence-electron chi connectivity index (χ0n) is 7.18. The summed E-state index contributed by atoms with van der Waals surface area (Å²) in [5, 5.41) is 10.1. The fourth-order valence-corrected chi connectivity index (χ4v) is 0.974. The number of hydrogen-bond acceptors (Lipinski definition) is 3. The molecular weight excluding hydrogens is 152 g/mol. The number of aromatic nitrogens is 1. The summed E-state index contributed by atoms with van der Waals surface area (Å²) in [6.07, 6.45) is 1.73. The molecule has 0 radical (unpaired) electrons. The van der Waals surface area contributed by atoms with Gasteiger partial charge in [-0.15, -0.1) is 0 Å². The lowest BCUT2D eigenvalue weighted by atomic mass is 10.2.